The van der Waals surface area contributed by atoms with Crippen molar-refractivity contribution in [2.24, 2.45) is 0 Å². The molecule has 1 N–H and O–H groups in total. The Morgan fingerprint density at radius 2 is 2.19 bits per heavy atom. The predicted molar refractivity (Wildman–Crippen MR) is 87.7 cm³/mol. The molecule has 0 radical (unpaired) electrons. The molecule has 21 heavy (non-hydrogen) atoms. The molecule has 1 aromatic heterocycles. The van der Waals surface area contributed by atoms with Crippen LogP contribution in [-0.2, 0) is 16.0 Å². The molecule has 0 saturated carbocycles. The largest absolute Gasteiger partial charge is 0.383 e. The molecule has 0 amide bonds. The molecule has 0 bridgehead atoms. The normalized spacial score (nSPS) is 18.0. The molecule has 1 aliphatic heterocycles. The van der Waals surface area contributed by atoms with E-state index in [-0.39, 0.29) is 30.9 Å². The van der Waals surface area contributed by atoms with Crippen LogP contribution in [0.2, 0.25) is 0 Å². The van der Waals surface area contributed by atoms with Crippen LogP contribution in [0.4, 0.5) is 0 Å². The Bertz CT molecular complexity index is 556. The molecule has 2 heterocycles. The van der Waals surface area contributed by atoms with Crippen molar-refractivity contribution in [2.45, 2.75) is 12.6 Å². The molecular formula is C14H21Cl2N3O2. The van der Waals surface area contributed by atoms with Gasteiger partial charge >= 0.3 is 0 Å². The van der Waals surface area contributed by atoms with Gasteiger partial charge in [-0.05, 0) is 12.1 Å². The summed E-state index contributed by atoms with van der Waals surface area (Å²) in [6, 6.07) is 8.19. The Morgan fingerprint density at radius 1 is 1.38 bits per heavy atom. The highest BCUT2D eigenvalue weighted by Gasteiger charge is 2.22. The summed E-state index contributed by atoms with van der Waals surface area (Å²) >= 11 is 0. The zero-order valence-corrected chi connectivity index (χ0v) is 13.6. The van der Waals surface area contributed by atoms with Crippen LogP contribution in [0.3, 0.4) is 0 Å². The molecule has 3 rings (SSSR count). The van der Waals surface area contributed by atoms with Crippen LogP contribution >= 0.6 is 24.8 Å². The summed E-state index contributed by atoms with van der Waals surface area (Å²) in [4.78, 5) is 4.73. The molecule has 1 aromatic carbocycles. The Kier molecular flexibility index (Phi) is 7.42. The van der Waals surface area contributed by atoms with E-state index >= 15 is 0 Å². The minimum Gasteiger partial charge on any atom is -0.383 e. The van der Waals surface area contributed by atoms with E-state index in [1.165, 1.54) is 0 Å². The van der Waals surface area contributed by atoms with Gasteiger partial charge in [-0.3, -0.25) is 0 Å². The number of hydrogen-bond acceptors (Lipinski definition) is 4. The maximum absolute atomic E-state index is 5.83. The highest BCUT2D eigenvalue weighted by Crippen LogP contribution is 2.23. The summed E-state index contributed by atoms with van der Waals surface area (Å²) in [5.74, 6) is 0.991. The minimum atomic E-state index is 0. The van der Waals surface area contributed by atoms with Gasteiger partial charge in [-0.15, -0.1) is 24.8 Å². The second-order valence-electron chi connectivity index (χ2n) is 4.67. The Balaban J connectivity index is 0.00000110. The molecule has 1 aliphatic rings. The van der Waals surface area contributed by atoms with Gasteiger partial charge in [0.1, 0.15) is 11.9 Å². The lowest BCUT2D eigenvalue weighted by atomic mass is 10.3. The number of nitrogens with one attached hydrogen (secondary N) is 1. The first-order valence-corrected chi connectivity index (χ1v) is 6.66. The second-order valence-corrected chi connectivity index (χ2v) is 4.67. The Hall–Kier alpha value is -0.850. The summed E-state index contributed by atoms with van der Waals surface area (Å²) in [7, 11) is 1.72. The van der Waals surface area contributed by atoms with Crippen LogP contribution in [-0.4, -0.2) is 43.0 Å². The quantitative estimate of drug-likeness (QED) is 0.931. The zero-order valence-electron chi connectivity index (χ0n) is 11.9. The van der Waals surface area contributed by atoms with Crippen molar-refractivity contribution in [3.63, 3.8) is 0 Å². The fraction of sp³-hybridized carbons (Fsp3) is 0.500. The van der Waals surface area contributed by atoms with E-state index in [0.29, 0.717) is 6.61 Å². The van der Waals surface area contributed by atoms with E-state index in [4.69, 9.17) is 14.5 Å². The highest BCUT2D eigenvalue weighted by molar-refractivity contribution is 5.85. The number of benzene rings is 1. The van der Waals surface area contributed by atoms with Crippen molar-refractivity contribution in [3.8, 4) is 0 Å². The van der Waals surface area contributed by atoms with Gasteiger partial charge in [-0.1, -0.05) is 12.1 Å². The number of hydrogen-bond donors (Lipinski definition) is 1. The molecule has 118 valence electrons. The highest BCUT2D eigenvalue weighted by atomic mass is 35.5. The Labute approximate surface area is 136 Å². The molecular weight excluding hydrogens is 313 g/mol. The first-order valence-electron chi connectivity index (χ1n) is 6.66. The van der Waals surface area contributed by atoms with Crippen LogP contribution < -0.4 is 5.32 Å². The third kappa shape index (κ3) is 3.87. The average Bonchev–Trinajstić information content (AvgIpc) is 2.85. The lowest BCUT2D eigenvalue weighted by molar-refractivity contribution is 0.0196. The zero-order chi connectivity index (χ0) is 13.1. The maximum atomic E-state index is 5.83. The summed E-state index contributed by atoms with van der Waals surface area (Å²) in [5.41, 5.74) is 2.16. The number of nitrogens with zero attached hydrogens (tertiary/aromatic N) is 2. The van der Waals surface area contributed by atoms with Crippen LogP contribution in [0, 0.1) is 0 Å². The van der Waals surface area contributed by atoms with E-state index < -0.39 is 0 Å². The summed E-state index contributed by atoms with van der Waals surface area (Å²) in [6.45, 7) is 3.93. The van der Waals surface area contributed by atoms with E-state index in [2.05, 4.69) is 16.0 Å². The van der Waals surface area contributed by atoms with E-state index in [1.807, 2.05) is 18.2 Å². The summed E-state index contributed by atoms with van der Waals surface area (Å²) in [5, 5.41) is 3.35. The van der Waals surface area contributed by atoms with E-state index in [1.54, 1.807) is 7.11 Å². The molecule has 2 aromatic rings. The van der Waals surface area contributed by atoms with Gasteiger partial charge in [0.2, 0.25) is 0 Å². The van der Waals surface area contributed by atoms with Crippen molar-refractivity contribution in [1.82, 2.24) is 14.9 Å². The molecule has 1 saturated heterocycles. The van der Waals surface area contributed by atoms with Crippen molar-refractivity contribution >= 4 is 35.8 Å². The van der Waals surface area contributed by atoms with Gasteiger partial charge in [0.25, 0.3) is 0 Å². The standard InChI is InChI=1S/C14H19N3O2.2ClH/c1-18-9-7-17-12-5-3-2-4-11(12)16-14(17)13-10-15-6-8-19-13;;/h2-5,13,15H,6-10H2,1H3;2*1H. The predicted octanol–water partition coefficient (Wildman–Crippen LogP) is 2.19. The third-order valence-electron chi connectivity index (χ3n) is 3.42. The van der Waals surface area contributed by atoms with Crippen molar-refractivity contribution in [1.29, 1.82) is 0 Å². The average molecular weight is 334 g/mol. The van der Waals surface area contributed by atoms with E-state index in [0.717, 1.165) is 43.1 Å². The number of imidazole rings is 1. The molecule has 1 fully saturated rings. The second kappa shape index (κ2) is 8.56. The van der Waals surface area contributed by atoms with Crippen molar-refractivity contribution in [2.75, 3.05) is 33.4 Å². The summed E-state index contributed by atoms with van der Waals surface area (Å²) < 4.78 is 13.2. The fourth-order valence-electron chi connectivity index (χ4n) is 2.49. The lowest BCUT2D eigenvalue weighted by Gasteiger charge is -2.24. The molecule has 0 spiro atoms. The number of rotatable bonds is 4. The Morgan fingerprint density at radius 3 is 2.90 bits per heavy atom. The lowest BCUT2D eigenvalue weighted by Crippen LogP contribution is -2.34. The number of methoxy groups -OCH3 is 1. The minimum absolute atomic E-state index is 0. The van der Waals surface area contributed by atoms with Crippen LogP contribution in [0.25, 0.3) is 11.0 Å². The number of morpholine rings is 1. The van der Waals surface area contributed by atoms with Gasteiger partial charge in [-0.25, -0.2) is 4.98 Å². The third-order valence-corrected chi connectivity index (χ3v) is 3.42. The van der Waals surface area contributed by atoms with Crippen molar-refractivity contribution < 1.29 is 9.47 Å². The van der Waals surface area contributed by atoms with Gasteiger partial charge < -0.3 is 19.4 Å². The van der Waals surface area contributed by atoms with Crippen LogP contribution in [0.1, 0.15) is 11.9 Å². The van der Waals surface area contributed by atoms with Crippen molar-refractivity contribution in [3.05, 3.63) is 30.1 Å². The fourth-order valence-corrected chi connectivity index (χ4v) is 2.49. The van der Waals surface area contributed by atoms with Crippen LogP contribution in [0.5, 0.6) is 0 Å². The van der Waals surface area contributed by atoms with Crippen LogP contribution in [0.15, 0.2) is 24.3 Å². The SMILES string of the molecule is COCCn1c(C2CNCCO2)nc2ccccc21.Cl.Cl. The van der Waals surface area contributed by atoms with Gasteiger partial charge in [0.05, 0.1) is 24.2 Å². The molecule has 1 unspecified atom stereocenters. The van der Waals surface area contributed by atoms with Gasteiger partial charge in [0.15, 0.2) is 0 Å². The number of aromatic nitrogens is 2. The van der Waals surface area contributed by atoms with Gasteiger partial charge in [-0.2, -0.15) is 0 Å². The van der Waals surface area contributed by atoms with E-state index in [9.17, 15) is 0 Å². The molecule has 5 nitrogen and oxygen atoms in total. The molecule has 7 heteroatoms. The molecule has 1 atom stereocenters. The summed E-state index contributed by atoms with van der Waals surface area (Å²) in [6.07, 6.45) is 0.0259. The first kappa shape index (κ1) is 18.2. The first-order chi connectivity index (χ1) is 9.40. The molecule has 0 aliphatic carbocycles. The monoisotopic (exact) mass is 333 g/mol. The number of fused-ring (bicyclic) bond motifs is 1. The smallest absolute Gasteiger partial charge is 0.140 e. The number of halogens is 2. The maximum Gasteiger partial charge on any atom is 0.140 e. The topological polar surface area (TPSA) is 48.3 Å². The van der Waals surface area contributed by atoms with Gasteiger partial charge in [0, 0.05) is 26.7 Å². The number of para-hydroxylation sites is 2. The number of ether oxygens (including phenoxy) is 2.